The molecule has 0 aromatic carbocycles. The largest absolute Gasteiger partial charge is 0.310 e. The van der Waals surface area contributed by atoms with Gasteiger partial charge in [0.25, 0.3) is 0 Å². The summed E-state index contributed by atoms with van der Waals surface area (Å²) in [6.07, 6.45) is 3.81. The number of thiazole rings is 1. The molecule has 1 heterocycles. The van der Waals surface area contributed by atoms with Crippen LogP contribution in [0.5, 0.6) is 0 Å². The van der Waals surface area contributed by atoms with Gasteiger partial charge in [0.15, 0.2) is 0 Å². The average Bonchev–Trinajstić information content (AvgIpc) is 2.86. The Morgan fingerprint density at radius 2 is 2.17 bits per heavy atom. The number of halogens is 1. The number of nitrogens with one attached hydrogen (secondary N) is 1. The summed E-state index contributed by atoms with van der Waals surface area (Å²) in [6, 6.07) is 0. The Morgan fingerprint density at radius 3 is 2.67 bits per heavy atom. The lowest BCUT2D eigenvalue weighted by atomic mass is 9.93. The number of alkyl halides is 1. The fraction of sp³-hybridized carbons (Fsp3) is 0.786. The third-order valence-electron chi connectivity index (χ3n) is 3.68. The van der Waals surface area contributed by atoms with Crippen LogP contribution in [0.1, 0.15) is 50.7 Å². The van der Waals surface area contributed by atoms with Gasteiger partial charge in [-0.25, -0.2) is 4.98 Å². The van der Waals surface area contributed by atoms with Crippen molar-refractivity contribution in [1.82, 2.24) is 10.3 Å². The first-order valence-corrected chi connectivity index (χ1v) is 8.08. The fourth-order valence-corrected chi connectivity index (χ4v) is 3.45. The molecule has 102 valence electrons. The Kier molecular flexibility index (Phi) is 4.35. The first-order valence-electron chi connectivity index (χ1n) is 6.67. The molecular weight excluding hydrogens is 264 g/mol. The lowest BCUT2D eigenvalue weighted by molar-refractivity contribution is 0.445. The number of nitrogens with zero attached hydrogens (tertiary/aromatic N) is 1. The van der Waals surface area contributed by atoms with Crippen molar-refractivity contribution < 1.29 is 0 Å². The Balaban J connectivity index is 1.79. The van der Waals surface area contributed by atoms with Crippen molar-refractivity contribution in [1.29, 1.82) is 0 Å². The summed E-state index contributed by atoms with van der Waals surface area (Å²) in [7, 11) is 0. The second kappa shape index (κ2) is 5.48. The van der Waals surface area contributed by atoms with E-state index in [1.165, 1.54) is 23.5 Å². The van der Waals surface area contributed by atoms with Crippen LogP contribution in [0.15, 0.2) is 5.38 Å². The van der Waals surface area contributed by atoms with E-state index in [9.17, 15) is 0 Å². The first-order chi connectivity index (χ1) is 8.45. The zero-order valence-corrected chi connectivity index (χ0v) is 13.1. The van der Waals surface area contributed by atoms with E-state index in [-0.39, 0.29) is 5.41 Å². The average molecular weight is 287 g/mol. The van der Waals surface area contributed by atoms with Crippen molar-refractivity contribution in [2.24, 2.45) is 5.41 Å². The van der Waals surface area contributed by atoms with Crippen LogP contribution in [0.3, 0.4) is 0 Å². The molecule has 1 aromatic rings. The lowest BCUT2D eigenvalue weighted by Gasteiger charge is -2.15. The number of rotatable bonds is 6. The summed E-state index contributed by atoms with van der Waals surface area (Å²) in [5.41, 5.74) is 1.86. The van der Waals surface area contributed by atoms with Gasteiger partial charge in [0.1, 0.15) is 5.01 Å². The maximum Gasteiger partial charge on any atom is 0.107 e. The summed E-state index contributed by atoms with van der Waals surface area (Å²) >= 11 is 7.60. The highest BCUT2D eigenvalue weighted by molar-refractivity contribution is 7.09. The maximum atomic E-state index is 5.84. The van der Waals surface area contributed by atoms with Gasteiger partial charge in [-0.3, -0.25) is 0 Å². The summed E-state index contributed by atoms with van der Waals surface area (Å²) in [4.78, 5) is 4.70. The van der Waals surface area contributed by atoms with Crippen molar-refractivity contribution in [3.05, 3.63) is 16.1 Å². The van der Waals surface area contributed by atoms with Gasteiger partial charge in [-0.15, -0.1) is 22.9 Å². The van der Waals surface area contributed by atoms with Gasteiger partial charge in [0.05, 0.1) is 5.69 Å². The van der Waals surface area contributed by atoms with Crippen molar-refractivity contribution in [3.8, 4) is 0 Å². The number of aromatic nitrogens is 1. The number of hydrogen-bond donors (Lipinski definition) is 1. The van der Waals surface area contributed by atoms with Gasteiger partial charge in [-0.05, 0) is 24.7 Å². The number of hydrogen-bond acceptors (Lipinski definition) is 3. The quantitative estimate of drug-likeness (QED) is 0.801. The molecule has 0 amide bonds. The lowest BCUT2D eigenvalue weighted by Crippen LogP contribution is -2.24. The molecule has 0 aliphatic heterocycles. The highest BCUT2D eigenvalue weighted by atomic mass is 35.5. The van der Waals surface area contributed by atoms with E-state index in [0.29, 0.717) is 5.41 Å². The van der Waals surface area contributed by atoms with E-state index in [4.69, 9.17) is 16.6 Å². The third kappa shape index (κ3) is 3.69. The molecule has 2 rings (SSSR count). The van der Waals surface area contributed by atoms with Gasteiger partial charge >= 0.3 is 0 Å². The molecule has 1 aromatic heterocycles. The Labute approximate surface area is 119 Å². The molecule has 0 radical (unpaired) electrons. The summed E-state index contributed by atoms with van der Waals surface area (Å²) in [5, 5.41) is 6.92. The van der Waals surface area contributed by atoms with E-state index in [2.05, 4.69) is 31.5 Å². The normalized spacial score (nSPS) is 18.0. The van der Waals surface area contributed by atoms with Gasteiger partial charge in [-0.1, -0.05) is 20.8 Å². The molecule has 0 saturated heterocycles. The zero-order chi connectivity index (χ0) is 13.2. The highest BCUT2D eigenvalue weighted by Crippen LogP contribution is 2.48. The molecule has 2 nitrogen and oxygen atoms in total. The summed E-state index contributed by atoms with van der Waals surface area (Å²) in [6.45, 7) is 8.60. The van der Waals surface area contributed by atoms with E-state index in [0.717, 1.165) is 25.4 Å². The predicted octanol–water partition coefficient (Wildman–Crippen LogP) is 3.94. The Bertz CT molecular complexity index is 391. The topological polar surface area (TPSA) is 24.9 Å². The van der Waals surface area contributed by atoms with Crippen LogP contribution in [-0.2, 0) is 12.0 Å². The van der Waals surface area contributed by atoms with Gasteiger partial charge in [-0.2, -0.15) is 0 Å². The molecule has 0 atom stereocenters. The highest BCUT2D eigenvalue weighted by Gasteiger charge is 2.41. The first kappa shape index (κ1) is 14.3. The van der Waals surface area contributed by atoms with E-state index >= 15 is 0 Å². The SMILES string of the molecule is CC(C)(C)c1csc(CNCC2(CCCl)CC2)n1. The molecule has 0 spiro atoms. The van der Waals surface area contributed by atoms with Crippen LogP contribution in [0.25, 0.3) is 0 Å². The van der Waals surface area contributed by atoms with Gasteiger partial charge in [0.2, 0.25) is 0 Å². The van der Waals surface area contributed by atoms with E-state index in [1.807, 2.05) is 0 Å². The minimum absolute atomic E-state index is 0.158. The van der Waals surface area contributed by atoms with Crippen molar-refractivity contribution >= 4 is 22.9 Å². The molecule has 18 heavy (non-hydrogen) atoms. The molecule has 0 unspecified atom stereocenters. The smallest absolute Gasteiger partial charge is 0.107 e. The molecule has 1 aliphatic rings. The second-order valence-corrected chi connectivity index (χ2v) is 7.74. The van der Waals surface area contributed by atoms with Crippen LogP contribution >= 0.6 is 22.9 Å². The minimum Gasteiger partial charge on any atom is -0.310 e. The maximum absolute atomic E-state index is 5.84. The Morgan fingerprint density at radius 1 is 1.44 bits per heavy atom. The van der Waals surface area contributed by atoms with Crippen molar-refractivity contribution in [2.75, 3.05) is 12.4 Å². The monoisotopic (exact) mass is 286 g/mol. The van der Waals surface area contributed by atoms with Crippen LogP contribution in [0.4, 0.5) is 0 Å². The van der Waals surface area contributed by atoms with Crippen LogP contribution in [0.2, 0.25) is 0 Å². The molecule has 0 bridgehead atoms. The summed E-state index contributed by atoms with van der Waals surface area (Å²) < 4.78 is 0. The second-order valence-electron chi connectivity index (χ2n) is 6.42. The Hall–Kier alpha value is -0.120. The standard InChI is InChI=1S/C14H23ClN2S/c1-13(2,3)11-9-18-12(17-11)8-16-10-14(4-5-14)6-7-15/h9,16H,4-8,10H2,1-3H3. The van der Waals surface area contributed by atoms with Crippen molar-refractivity contribution in [2.45, 2.75) is 52.0 Å². The van der Waals surface area contributed by atoms with Gasteiger partial charge in [0, 0.05) is 29.8 Å². The minimum atomic E-state index is 0.158. The van der Waals surface area contributed by atoms with Crippen LogP contribution in [-0.4, -0.2) is 17.4 Å². The molecule has 1 saturated carbocycles. The van der Waals surface area contributed by atoms with Gasteiger partial charge < -0.3 is 5.32 Å². The van der Waals surface area contributed by atoms with Crippen LogP contribution < -0.4 is 5.32 Å². The predicted molar refractivity (Wildman–Crippen MR) is 79.5 cm³/mol. The molecule has 4 heteroatoms. The van der Waals surface area contributed by atoms with Crippen molar-refractivity contribution in [3.63, 3.8) is 0 Å². The van der Waals surface area contributed by atoms with Crippen LogP contribution in [0, 0.1) is 5.41 Å². The molecule has 1 aliphatic carbocycles. The van der Waals surface area contributed by atoms with E-state index in [1.54, 1.807) is 11.3 Å². The molecule has 1 fully saturated rings. The van der Waals surface area contributed by atoms with E-state index < -0.39 is 0 Å². The zero-order valence-electron chi connectivity index (χ0n) is 11.6. The molecule has 1 N–H and O–H groups in total. The summed E-state index contributed by atoms with van der Waals surface area (Å²) in [5.74, 6) is 0.785. The third-order valence-corrected chi connectivity index (χ3v) is 4.72. The fourth-order valence-electron chi connectivity index (χ4n) is 2.06. The molecular formula is C14H23ClN2S.